The van der Waals surface area contributed by atoms with Crippen LogP contribution >= 0.6 is 11.6 Å². The van der Waals surface area contributed by atoms with Crippen LogP contribution in [0.3, 0.4) is 0 Å². The molecule has 4 rings (SSSR count). The summed E-state index contributed by atoms with van der Waals surface area (Å²) in [6.45, 7) is 6.44. The first-order valence-electron chi connectivity index (χ1n) is 12.5. The Balaban J connectivity index is 1.17. The Morgan fingerprint density at radius 2 is 1.69 bits per heavy atom. The fraction of sp³-hybridized carbons (Fsp3) is 0.464. The van der Waals surface area contributed by atoms with Crippen LogP contribution in [0, 0.1) is 0 Å². The zero-order valence-corrected chi connectivity index (χ0v) is 21.9. The standard InChI is InChI=1S/C28H37ClN4O2/c1-30(2)28(34)21-33-16-14-32(15-17-33)13-5-4-6-18-35-24-11-12-25-26(20-31(3)27(25)19-24)22-7-9-23(29)10-8-22/h7-12,19-20H,4-6,13-18,21H2,1-3H3. The summed E-state index contributed by atoms with van der Waals surface area (Å²) in [5.41, 5.74) is 3.53. The number of fused-ring (bicyclic) bond motifs is 1. The van der Waals surface area contributed by atoms with Gasteiger partial charge in [0.2, 0.25) is 5.91 Å². The zero-order valence-electron chi connectivity index (χ0n) is 21.2. The number of likely N-dealkylation sites (N-methyl/N-ethyl adjacent to an activating group) is 1. The van der Waals surface area contributed by atoms with E-state index in [2.05, 4.69) is 57.9 Å². The number of amides is 1. The number of carbonyl (C=O) groups excluding carboxylic acids is 1. The van der Waals surface area contributed by atoms with E-state index in [0.717, 1.165) is 68.5 Å². The van der Waals surface area contributed by atoms with E-state index in [0.29, 0.717) is 6.54 Å². The number of halogens is 1. The number of unbranched alkanes of at least 4 members (excludes halogenated alkanes) is 2. The molecule has 7 heteroatoms. The van der Waals surface area contributed by atoms with Crippen LogP contribution < -0.4 is 4.74 Å². The van der Waals surface area contributed by atoms with Crippen molar-refractivity contribution in [2.24, 2.45) is 7.05 Å². The Morgan fingerprint density at radius 1 is 0.971 bits per heavy atom. The number of hydrogen-bond donors (Lipinski definition) is 0. The minimum atomic E-state index is 0.187. The van der Waals surface area contributed by atoms with Crippen molar-refractivity contribution < 1.29 is 9.53 Å². The highest BCUT2D eigenvalue weighted by atomic mass is 35.5. The van der Waals surface area contributed by atoms with E-state index in [-0.39, 0.29) is 5.91 Å². The molecule has 0 radical (unpaired) electrons. The van der Waals surface area contributed by atoms with Crippen molar-refractivity contribution in [3.05, 3.63) is 53.7 Å². The summed E-state index contributed by atoms with van der Waals surface area (Å²) in [4.78, 5) is 18.3. The highest BCUT2D eigenvalue weighted by Gasteiger charge is 2.19. The van der Waals surface area contributed by atoms with Gasteiger partial charge in [-0.3, -0.25) is 9.69 Å². The predicted molar refractivity (Wildman–Crippen MR) is 144 cm³/mol. The molecular weight excluding hydrogens is 460 g/mol. The lowest BCUT2D eigenvalue weighted by molar-refractivity contribution is -0.130. The van der Waals surface area contributed by atoms with Crippen LogP contribution in [0.25, 0.3) is 22.0 Å². The van der Waals surface area contributed by atoms with E-state index in [1.165, 1.54) is 22.9 Å². The van der Waals surface area contributed by atoms with E-state index in [1.807, 2.05) is 26.2 Å². The van der Waals surface area contributed by atoms with Crippen LogP contribution in [0.5, 0.6) is 5.75 Å². The van der Waals surface area contributed by atoms with Crippen molar-refractivity contribution in [3.8, 4) is 16.9 Å². The molecule has 1 aliphatic heterocycles. The number of nitrogens with zero attached hydrogens (tertiary/aromatic N) is 4. The van der Waals surface area contributed by atoms with Crippen LogP contribution in [0.4, 0.5) is 0 Å². The summed E-state index contributed by atoms with van der Waals surface area (Å²) >= 11 is 6.05. The molecule has 3 aromatic rings. The van der Waals surface area contributed by atoms with Crippen molar-refractivity contribution in [2.45, 2.75) is 19.3 Å². The molecule has 1 amide bonds. The molecule has 1 fully saturated rings. The molecule has 0 atom stereocenters. The number of piperazine rings is 1. The Bertz CT molecular complexity index is 1120. The van der Waals surface area contributed by atoms with Gasteiger partial charge in [0.15, 0.2) is 0 Å². The molecule has 188 valence electrons. The van der Waals surface area contributed by atoms with Crippen molar-refractivity contribution in [2.75, 3.05) is 60.0 Å². The van der Waals surface area contributed by atoms with Crippen LogP contribution in [-0.4, -0.2) is 85.1 Å². The molecule has 2 heterocycles. The number of ether oxygens (including phenoxy) is 1. The van der Waals surface area contributed by atoms with Crippen LogP contribution in [0.2, 0.25) is 5.02 Å². The number of hydrogen-bond acceptors (Lipinski definition) is 4. The first-order valence-corrected chi connectivity index (χ1v) is 12.9. The Hall–Kier alpha value is -2.54. The lowest BCUT2D eigenvalue weighted by Crippen LogP contribution is -2.49. The Morgan fingerprint density at radius 3 is 2.40 bits per heavy atom. The second-order valence-electron chi connectivity index (χ2n) is 9.65. The van der Waals surface area contributed by atoms with Gasteiger partial charge < -0.3 is 19.1 Å². The molecule has 0 spiro atoms. The molecule has 1 aliphatic rings. The van der Waals surface area contributed by atoms with Crippen LogP contribution in [0.15, 0.2) is 48.7 Å². The summed E-state index contributed by atoms with van der Waals surface area (Å²) in [6.07, 6.45) is 5.56. The number of carbonyl (C=O) groups is 1. The first-order chi connectivity index (χ1) is 16.9. The van der Waals surface area contributed by atoms with Gasteiger partial charge in [0.25, 0.3) is 0 Å². The van der Waals surface area contributed by atoms with E-state index >= 15 is 0 Å². The normalized spacial score (nSPS) is 15.0. The zero-order chi connectivity index (χ0) is 24.8. The predicted octanol–water partition coefficient (Wildman–Crippen LogP) is 4.75. The van der Waals surface area contributed by atoms with E-state index in [9.17, 15) is 4.79 Å². The minimum absolute atomic E-state index is 0.187. The maximum Gasteiger partial charge on any atom is 0.236 e. The summed E-state index contributed by atoms with van der Waals surface area (Å²) in [6, 6.07) is 14.3. The fourth-order valence-corrected chi connectivity index (χ4v) is 4.75. The highest BCUT2D eigenvalue weighted by molar-refractivity contribution is 6.30. The van der Waals surface area contributed by atoms with Gasteiger partial charge in [-0.15, -0.1) is 0 Å². The molecular formula is C28H37ClN4O2. The van der Waals surface area contributed by atoms with Crippen molar-refractivity contribution in [3.63, 3.8) is 0 Å². The molecule has 0 bridgehead atoms. The number of aryl methyl sites for hydroxylation is 1. The molecule has 0 aliphatic carbocycles. The van der Waals surface area contributed by atoms with Gasteiger partial charge in [-0.25, -0.2) is 0 Å². The lowest BCUT2D eigenvalue weighted by Gasteiger charge is -2.34. The van der Waals surface area contributed by atoms with Crippen molar-refractivity contribution >= 4 is 28.4 Å². The van der Waals surface area contributed by atoms with Crippen molar-refractivity contribution in [1.82, 2.24) is 19.3 Å². The largest absolute Gasteiger partial charge is 0.494 e. The molecule has 2 aromatic carbocycles. The van der Waals surface area contributed by atoms with Gasteiger partial charge in [-0.2, -0.15) is 0 Å². The summed E-state index contributed by atoms with van der Waals surface area (Å²) in [7, 11) is 5.72. The average molecular weight is 497 g/mol. The van der Waals surface area contributed by atoms with E-state index in [4.69, 9.17) is 16.3 Å². The lowest BCUT2D eigenvalue weighted by atomic mass is 10.0. The summed E-state index contributed by atoms with van der Waals surface area (Å²) in [5.74, 6) is 1.11. The molecule has 0 unspecified atom stereocenters. The van der Waals surface area contributed by atoms with Gasteiger partial charge >= 0.3 is 0 Å². The van der Waals surface area contributed by atoms with Gasteiger partial charge in [0.05, 0.1) is 18.7 Å². The van der Waals surface area contributed by atoms with Gasteiger partial charge in [0.1, 0.15) is 5.75 Å². The number of rotatable bonds is 10. The smallest absolute Gasteiger partial charge is 0.236 e. The third-order valence-electron chi connectivity index (χ3n) is 6.83. The SMILES string of the molecule is CN(C)C(=O)CN1CCN(CCCCCOc2ccc3c(-c4ccc(Cl)cc4)cn(C)c3c2)CC1. The fourth-order valence-electron chi connectivity index (χ4n) is 4.62. The van der Waals surface area contributed by atoms with Crippen molar-refractivity contribution in [1.29, 1.82) is 0 Å². The molecule has 0 saturated carbocycles. The first kappa shape index (κ1) is 25.5. The maximum absolute atomic E-state index is 11.9. The number of aromatic nitrogens is 1. The molecule has 6 nitrogen and oxygen atoms in total. The monoisotopic (exact) mass is 496 g/mol. The average Bonchev–Trinajstić information content (AvgIpc) is 3.18. The van der Waals surface area contributed by atoms with E-state index in [1.54, 1.807) is 4.90 Å². The Kier molecular flexibility index (Phi) is 8.71. The second-order valence-corrected chi connectivity index (χ2v) is 10.1. The van der Waals surface area contributed by atoms with Crippen LogP contribution in [-0.2, 0) is 11.8 Å². The molecule has 35 heavy (non-hydrogen) atoms. The van der Waals surface area contributed by atoms with Crippen LogP contribution in [0.1, 0.15) is 19.3 Å². The van der Waals surface area contributed by atoms with Gasteiger partial charge in [-0.1, -0.05) is 23.7 Å². The third-order valence-corrected chi connectivity index (χ3v) is 7.08. The topological polar surface area (TPSA) is 41.0 Å². The molecule has 0 N–H and O–H groups in total. The summed E-state index contributed by atoms with van der Waals surface area (Å²) < 4.78 is 8.23. The molecule has 1 saturated heterocycles. The minimum Gasteiger partial charge on any atom is -0.494 e. The molecule has 1 aromatic heterocycles. The van der Waals surface area contributed by atoms with Gasteiger partial charge in [-0.05, 0) is 55.6 Å². The van der Waals surface area contributed by atoms with E-state index < -0.39 is 0 Å². The highest BCUT2D eigenvalue weighted by Crippen LogP contribution is 2.33. The number of benzene rings is 2. The maximum atomic E-state index is 11.9. The second kappa shape index (κ2) is 11.9. The quantitative estimate of drug-likeness (QED) is 0.380. The third kappa shape index (κ3) is 6.78. The Labute approximate surface area is 214 Å². The van der Waals surface area contributed by atoms with Gasteiger partial charge in [0, 0.05) is 75.6 Å². The summed E-state index contributed by atoms with van der Waals surface area (Å²) in [5, 5.41) is 1.97.